The van der Waals surface area contributed by atoms with Gasteiger partial charge >= 0.3 is 0 Å². The highest BCUT2D eigenvalue weighted by Crippen LogP contribution is 2.40. The molecule has 0 aliphatic heterocycles. The normalized spacial score (nSPS) is 31.2. The van der Waals surface area contributed by atoms with Crippen LogP contribution < -0.4 is 5.73 Å². The fourth-order valence-corrected chi connectivity index (χ4v) is 5.06. The molecule has 0 saturated heterocycles. The first-order valence-corrected chi connectivity index (χ1v) is 8.81. The van der Waals surface area contributed by atoms with Gasteiger partial charge in [-0.3, -0.25) is 0 Å². The van der Waals surface area contributed by atoms with E-state index >= 15 is 0 Å². The third kappa shape index (κ3) is 2.73. The minimum Gasteiger partial charge on any atom is -0.319 e. The molecular weight excluding hydrogens is 252 g/mol. The van der Waals surface area contributed by atoms with Crippen molar-refractivity contribution in [2.24, 2.45) is 11.7 Å². The summed E-state index contributed by atoms with van der Waals surface area (Å²) in [4.78, 5) is 6.41. The van der Waals surface area contributed by atoms with Crippen LogP contribution in [0.15, 0.2) is 0 Å². The number of fused-ring (bicyclic) bond motifs is 1. The van der Waals surface area contributed by atoms with E-state index in [1.807, 2.05) is 11.3 Å². The lowest BCUT2D eigenvalue weighted by molar-refractivity contribution is 0.365. The number of aryl methyl sites for hydroxylation is 2. The van der Waals surface area contributed by atoms with Crippen molar-refractivity contribution in [2.45, 2.75) is 76.7 Å². The third-order valence-corrected chi connectivity index (χ3v) is 6.33. The Balaban J connectivity index is 1.74. The van der Waals surface area contributed by atoms with Crippen LogP contribution in [-0.2, 0) is 18.4 Å². The van der Waals surface area contributed by atoms with Gasteiger partial charge in [0.1, 0.15) is 5.01 Å². The van der Waals surface area contributed by atoms with E-state index < -0.39 is 0 Å². The highest BCUT2D eigenvalue weighted by Gasteiger charge is 2.35. The average molecular weight is 278 g/mol. The van der Waals surface area contributed by atoms with Crippen molar-refractivity contribution in [2.75, 3.05) is 0 Å². The van der Waals surface area contributed by atoms with Crippen LogP contribution in [-0.4, -0.2) is 4.98 Å². The van der Waals surface area contributed by atoms with Crippen molar-refractivity contribution in [3.8, 4) is 0 Å². The maximum absolute atomic E-state index is 6.75. The predicted octanol–water partition coefficient (Wildman–Crippen LogP) is 4.17. The van der Waals surface area contributed by atoms with Crippen LogP contribution in [0.2, 0.25) is 0 Å². The average Bonchev–Trinajstić information content (AvgIpc) is 2.92. The van der Waals surface area contributed by atoms with Gasteiger partial charge in [-0.05, 0) is 44.4 Å². The Bertz CT molecular complexity index is 418. The van der Waals surface area contributed by atoms with E-state index in [0.717, 1.165) is 18.8 Å². The van der Waals surface area contributed by atoms with Crippen LogP contribution in [0.1, 0.15) is 73.9 Å². The zero-order valence-electron chi connectivity index (χ0n) is 12.1. The van der Waals surface area contributed by atoms with Gasteiger partial charge in [0.15, 0.2) is 0 Å². The number of nitrogens with two attached hydrogens (primary N) is 1. The summed E-state index contributed by atoms with van der Waals surface area (Å²) in [5.74, 6) is 0.905. The number of hydrogen-bond acceptors (Lipinski definition) is 3. The van der Waals surface area contributed by atoms with Gasteiger partial charge in [-0.25, -0.2) is 4.98 Å². The molecule has 19 heavy (non-hydrogen) atoms. The minimum absolute atomic E-state index is 0.114. The molecule has 1 saturated carbocycles. The first-order valence-electron chi connectivity index (χ1n) is 7.99. The highest BCUT2D eigenvalue weighted by atomic mass is 32.1. The second kappa shape index (κ2) is 5.53. The summed E-state index contributed by atoms with van der Waals surface area (Å²) in [6.07, 6.45) is 12.6. The standard InChI is InChI=1S/C16H26N2S/c1-2-5-12-6-4-10-16(17,11-9-12)15-18-13-7-3-8-14(13)19-15/h12H,2-11,17H2,1H3. The summed E-state index contributed by atoms with van der Waals surface area (Å²) in [5, 5.41) is 1.24. The van der Waals surface area contributed by atoms with Gasteiger partial charge in [-0.15, -0.1) is 11.3 Å². The quantitative estimate of drug-likeness (QED) is 0.843. The third-order valence-electron chi connectivity index (χ3n) is 4.95. The second-order valence-corrected chi connectivity index (χ2v) is 7.57. The van der Waals surface area contributed by atoms with Crippen LogP contribution in [0.5, 0.6) is 0 Å². The Morgan fingerprint density at radius 2 is 2.16 bits per heavy atom. The summed E-state index contributed by atoms with van der Waals surface area (Å²) in [7, 11) is 0. The van der Waals surface area contributed by atoms with Crippen LogP contribution in [0.25, 0.3) is 0 Å². The zero-order chi connectivity index (χ0) is 13.3. The van der Waals surface area contributed by atoms with Crippen molar-refractivity contribution in [1.82, 2.24) is 4.98 Å². The first kappa shape index (κ1) is 13.6. The summed E-state index contributed by atoms with van der Waals surface area (Å²) in [6.45, 7) is 2.30. The second-order valence-electron chi connectivity index (χ2n) is 6.48. The number of thiazole rings is 1. The van der Waals surface area contributed by atoms with E-state index in [0.29, 0.717) is 0 Å². The lowest BCUT2D eigenvalue weighted by Gasteiger charge is -2.25. The summed E-state index contributed by atoms with van der Waals surface area (Å²) < 4.78 is 0. The van der Waals surface area contributed by atoms with Gasteiger partial charge in [0.05, 0.1) is 11.2 Å². The molecule has 3 rings (SSSR count). The maximum Gasteiger partial charge on any atom is 0.113 e. The van der Waals surface area contributed by atoms with Gasteiger partial charge in [-0.2, -0.15) is 0 Å². The molecule has 2 aliphatic carbocycles. The van der Waals surface area contributed by atoms with Crippen molar-refractivity contribution < 1.29 is 0 Å². The molecule has 2 aliphatic rings. The largest absolute Gasteiger partial charge is 0.319 e. The molecule has 1 aromatic heterocycles. The molecule has 0 spiro atoms. The van der Waals surface area contributed by atoms with E-state index in [1.165, 1.54) is 66.9 Å². The van der Waals surface area contributed by atoms with Crippen LogP contribution in [0, 0.1) is 5.92 Å². The molecule has 106 valence electrons. The molecule has 1 fully saturated rings. The Morgan fingerprint density at radius 1 is 1.26 bits per heavy atom. The molecule has 2 atom stereocenters. The van der Waals surface area contributed by atoms with Crippen molar-refractivity contribution in [3.63, 3.8) is 0 Å². The number of rotatable bonds is 3. The van der Waals surface area contributed by atoms with Crippen molar-refractivity contribution >= 4 is 11.3 Å². The zero-order valence-corrected chi connectivity index (χ0v) is 12.9. The van der Waals surface area contributed by atoms with Crippen LogP contribution in [0.3, 0.4) is 0 Å². The molecule has 2 N–H and O–H groups in total. The minimum atomic E-state index is -0.114. The Morgan fingerprint density at radius 3 is 2.95 bits per heavy atom. The Hall–Kier alpha value is -0.410. The van der Waals surface area contributed by atoms with E-state index in [1.54, 1.807) is 0 Å². The van der Waals surface area contributed by atoms with Gasteiger partial charge in [-0.1, -0.05) is 32.6 Å². The molecule has 0 radical (unpaired) electrons. The van der Waals surface area contributed by atoms with E-state index in [4.69, 9.17) is 10.7 Å². The molecule has 1 heterocycles. The van der Waals surface area contributed by atoms with Crippen molar-refractivity contribution in [1.29, 1.82) is 0 Å². The van der Waals surface area contributed by atoms with Gasteiger partial charge < -0.3 is 5.73 Å². The fourth-order valence-electron chi connectivity index (χ4n) is 3.75. The highest BCUT2D eigenvalue weighted by molar-refractivity contribution is 7.12. The monoisotopic (exact) mass is 278 g/mol. The van der Waals surface area contributed by atoms with Gasteiger partial charge in [0.25, 0.3) is 0 Å². The van der Waals surface area contributed by atoms with Crippen molar-refractivity contribution in [3.05, 3.63) is 15.6 Å². The molecule has 0 amide bonds. The summed E-state index contributed by atoms with van der Waals surface area (Å²) >= 11 is 1.92. The summed E-state index contributed by atoms with van der Waals surface area (Å²) in [6, 6.07) is 0. The van der Waals surface area contributed by atoms with Crippen LogP contribution >= 0.6 is 11.3 Å². The van der Waals surface area contributed by atoms with E-state index in [-0.39, 0.29) is 5.54 Å². The maximum atomic E-state index is 6.75. The van der Waals surface area contributed by atoms with E-state index in [9.17, 15) is 0 Å². The lowest BCUT2D eigenvalue weighted by atomic mass is 9.90. The van der Waals surface area contributed by atoms with Crippen LogP contribution in [0.4, 0.5) is 0 Å². The fraction of sp³-hybridized carbons (Fsp3) is 0.812. The predicted molar refractivity (Wildman–Crippen MR) is 81.5 cm³/mol. The molecular formula is C16H26N2S. The lowest BCUT2D eigenvalue weighted by Crippen LogP contribution is -2.36. The van der Waals surface area contributed by atoms with Gasteiger partial charge in [0, 0.05) is 4.88 Å². The first-order chi connectivity index (χ1) is 9.21. The molecule has 3 heteroatoms. The summed E-state index contributed by atoms with van der Waals surface area (Å²) in [5.41, 5.74) is 7.99. The molecule has 2 unspecified atom stereocenters. The molecule has 0 bridgehead atoms. The SMILES string of the molecule is CCCC1CCCC(N)(c2nc3c(s2)CCC3)CC1. The molecule has 2 nitrogen and oxygen atoms in total. The van der Waals surface area contributed by atoms with Gasteiger partial charge in [0.2, 0.25) is 0 Å². The Labute approximate surface area is 120 Å². The topological polar surface area (TPSA) is 38.9 Å². The number of aromatic nitrogens is 1. The molecule has 1 aromatic rings. The smallest absolute Gasteiger partial charge is 0.113 e. The Kier molecular flexibility index (Phi) is 3.95. The number of nitrogens with zero attached hydrogens (tertiary/aromatic N) is 1. The number of hydrogen-bond donors (Lipinski definition) is 1. The molecule has 0 aromatic carbocycles. The van der Waals surface area contributed by atoms with E-state index in [2.05, 4.69) is 6.92 Å².